The predicted octanol–water partition coefficient (Wildman–Crippen LogP) is 2.66. The van der Waals surface area contributed by atoms with Crippen molar-refractivity contribution >= 4 is 23.4 Å². The molecule has 0 fully saturated rings. The average molecular weight is 293 g/mol. The molecule has 20 heavy (non-hydrogen) atoms. The monoisotopic (exact) mass is 292 g/mol. The summed E-state index contributed by atoms with van der Waals surface area (Å²) in [5.74, 6) is 1.15. The zero-order valence-electron chi connectivity index (χ0n) is 11.5. The lowest BCUT2D eigenvalue weighted by molar-refractivity contribution is 0.944. The molecule has 7 heteroatoms. The van der Waals surface area contributed by atoms with Gasteiger partial charge in [0.2, 0.25) is 5.95 Å². The van der Waals surface area contributed by atoms with Crippen molar-refractivity contribution in [3.8, 4) is 0 Å². The van der Waals surface area contributed by atoms with Crippen molar-refractivity contribution in [3.05, 3.63) is 35.0 Å². The predicted molar refractivity (Wildman–Crippen MR) is 79.9 cm³/mol. The highest BCUT2D eigenvalue weighted by Gasteiger charge is 2.05. The lowest BCUT2D eigenvalue weighted by Crippen LogP contribution is -2.08. The van der Waals surface area contributed by atoms with E-state index in [1.807, 2.05) is 6.92 Å². The number of aryl methyl sites for hydroxylation is 1. The number of hydrogen-bond acceptors (Lipinski definition) is 6. The molecule has 0 amide bonds. The third-order valence-electron chi connectivity index (χ3n) is 2.55. The first-order valence-electron chi connectivity index (χ1n) is 6.47. The van der Waals surface area contributed by atoms with Gasteiger partial charge in [0.1, 0.15) is 5.02 Å². The van der Waals surface area contributed by atoms with E-state index in [0.717, 1.165) is 24.4 Å². The molecule has 0 atom stereocenters. The Morgan fingerprint density at radius 2 is 1.95 bits per heavy atom. The van der Waals surface area contributed by atoms with Crippen molar-refractivity contribution in [2.45, 2.75) is 26.8 Å². The van der Waals surface area contributed by atoms with Gasteiger partial charge in [0.05, 0.1) is 30.3 Å². The van der Waals surface area contributed by atoms with Crippen molar-refractivity contribution in [1.29, 1.82) is 0 Å². The van der Waals surface area contributed by atoms with Crippen molar-refractivity contribution in [1.82, 2.24) is 19.9 Å². The molecule has 0 unspecified atom stereocenters. The number of nitrogens with one attached hydrogen (secondary N) is 2. The van der Waals surface area contributed by atoms with Crippen LogP contribution in [-0.2, 0) is 6.54 Å². The minimum Gasteiger partial charge on any atom is -0.363 e. The Morgan fingerprint density at radius 3 is 2.65 bits per heavy atom. The van der Waals surface area contributed by atoms with Crippen LogP contribution in [0, 0.1) is 6.92 Å². The highest BCUT2D eigenvalue weighted by molar-refractivity contribution is 6.32. The van der Waals surface area contributed by atoms with Gasteiger partial charge in [0.25, 0.3) is 0 Å². The minimum absolute atomic E-state index is 0.479. The third-order valence-corrected chi connectivity index (χ3v) is 2.83. The lowest BCUT2D eigenvalue weighted by atomic mass is 10.4. The smallest absolute Gasteiger partial charge is 0.224 e. The van der Waals surface area contributed by atoms with E-state index in [-0.39, 0.29) is 0 Å². The van der Waals surface area contributed by atoms with Gasteiger partial charge in [-0.05, 0) is 13.3 Å². The molecule has 0 spiro atoms. The second kappa shape index (κ2) is 7.00. The first kappa shape index (κ1) is 14.5. The zero-order valence-corrected chi connectivity index (χ0v) is 12.3. The SMILES string of the molecule is CCCNc1ncc(Cl)c(NCc2cnc(C)cn2)n1. The second-order valence-corrected chi connectivity index (χ2v) is 4.73. The van der Waals surface area contributed by atoms with Gasteiger partial charge in [-0.25, -0.2) is 4.98 Å². The Morgan fingerprint density at radius 1 is 1.10 bits per heavy atom. The summed E-state index contributed by atoms with van der Waals surface area (Å²) in [6.45, 7) is 5.32. The van der Waals surface area contributed by atoms with Gasteiger partial charge in [0, 0.05) is 12.7 Å². The van der Waals surface area contributed by atoms with E-state index in [0.29, 0.717) is 23.3 Å². The molecule has 2 aromatic rings. The standard InChI is InChI=1S/C13H17ClN6/c1-3-4-15-13-19-8-11(14)12(20-13)18-7-10-6-16-9(2)5-17-10/h5-6,8H,3-4,7H2,1-2H3,(H2,15,18,19,20). The molecule has 0 aliphatic rings. The molecule has 2 N–H and O–H groups in total. The summed E-state index contributed by atoms with van der Waals surface area (Å²) in [6, 6.07) is 0. The summed E-state index contributed by atoms with van der Waals surface area (Å²) in [5.41, 5.74) is 1.72. The van der Waals surface area contributed by atoms with Gasteiger partial charge in [0.15, 0.2) is 5.82 Å². The van der Waals surface area contributed by atoms with E-state index in [1.54, 1.807) is 18.6 Å². The van der Waals surface area contributed by atoms with Crippen LogP contribution in [0.15, 0.2) is 18.6 Å². The van der Waals surface area contributed by atoms with E-state index in [2.05, 4.69) is 37.5 Å². The number of halogens is 1. The van der Waals surface area contributed by atoms with Gasteiger partial charge in [-0.2, -0.15) is 4.98 Å². The molecule has 6 nitrogen and oxygen atoms in total. The maximum atomic E-state index is 6.07. The summed E-state index contributed by atoms with van der Waals surface area (Å²) in [7, 11) is 0. The van der Waals surface area contributed by atoms with Crippen molar-refractivity contribution in [2.75, 3.05) is 17.2 Å². The molecule has 0 radical (unpaired) electrons. The van der Waals surface area contributed by atoms with Crippen LogP contribution in [0.1, 0.15) is 24.7 Å². The number of anilines is 2. The number of hydrogen-bond donors (Lipinski definition) is 2. The summed E-state index contributed by atoms with van der Waals surface area (Å²) < 4.78 is 0. The van der Waals surface area contributed by atoms with Crippen LogP contribution >= 0.6 is 11.6 Å². The Bertz CT molecular complexity index is 557. The maximum absolute atomic E-state index is 6.07. The highest BCUT2D eigenvalue weighted by atomic mass is 35.5. The quantitative estimate of drug-likeness (QED) is 0.852. The van der Waals surface area contributed by atoms with Gasteiger partial charge in [-0.3, -0.25) is 9.97 Å². The molecule has 106 valence electrons. The Balaban J connectivity index is 2.02. The zero-order chi connectivity index (χ0) is 14.4. The molecular weight excluding hydrogens is 276 g/mol. The number of rotatable bonds is 6. The van der Waals surface area contributed by atoms with Crippen LogP contribution in [0.25, 0.3) is 0 Å². The van der Waals surface area contributed by atoms with Crippen molar-refractivity contribution in [2.24, 2.45) is 0 Å². The van der Waals surface area contributed by atoms with E-state index in [9.17, 15) is 0 Å². The summed E-state index contributed by atoms with van der Waals surface area (Å²) in [5, 5.41) is 6.74. The summed E-state index contributed by atoms with van der Waals surface area (Å²) in [6.07, 6.45) is 6.05. The Labute approximate surface area is 123 Å². The first-order valence-corrected chi connectivity index (χ1v) is 6.84. The second-order valence-electron chi connectivity index (χ2n) is 4.32. The van der Waals surface area contributed by atoms with E-state index < -0.39 is 0 Å². The van der Waals surface area contributed by atoms with Crippen LogP contribution in [-0.4, -0.2) is 26.5 Å². The molecule has 0 aliphatic carbocycles. The summed E-state index contributed by atoms with van der Waals surface area (Å²) >= 11 is 6.07. The lowest BCUT2D eigenvalue weighted by Gasteiger charge is -2.09. The summed E-state index contributed by atoms with van der Waals surface area (Å²) in [4.78, 5) is 16.9. The molecule has 0 saturated heterocycles. The van der Waals surface area contributed by atoms with Crippen LogP contribution in [0.4, 0.5) is 11.8 Å². The van der Waals surface area contributed by atoms with Crippen LogP contribution in [0.2, 0.25) is 5.02 Å². The van der Waals surface area contributed by atoms with E-state index in [1.165, 1.54) is 0 Å². The average Bonchev–Trinajstić information content (AvgIpc) is 2.46. The van der Waals surface area contributed by atoms with Gasteiger partial charge in [-0.15, -0.1) is 0 Å². The largest absolute Gasteiger partial charge is 0.363 e. The number of nitrogens with zero attached hydrogens (tertiary/aromatic N) is 4. The minimum atomic E-state index is 0.479. The highest BCUT2D eigenvalue weighted by Crippen LogP contribution is 2.19. The maximum Gasteiger partial charge on any atom is 0.224 e. The topological polar surface area (TPSA) is 75.6 Å². The van der Waals surface area contributed by atoms with Crippen LogP contribution in [0.3, 0.4) is 0 Å². The molecule has 2 aromatic heterocycles. The van der Waals surface area contributed by atoms with Gasteiger partial charge >= 0.3 is 0 Å². The Hall–Kier alpha value is -1.95. The molecule has 0 saturated carbocycles. The molecular formula is C13H17ClN6. The molecule has 0 bridgehead atoms. The third kappa shape index (κ3) is 4.03. The fourth-order valence-corrected chi connectivity index (χ4v) is 1.66. The molecule has 0 aliphatic heterocycles. The fourth-order valence-electron chi connectivity index (χ4n) is 1.50. The van der Waals surface area contributed by atoms with E-state index >= 15 is 0 Å². The number of aromatic nitrogens is 4. The van der Waals surface area contributed by atoms with E-state index in [4.69, 9.17) is 11.6 Å². The molecule has 2 rings (SSSR count). The fraction of sp³-hybridized carbons (Fsp3) is 0.385. The van der Waals surface area contributed by atoms with Crippen molar-refractivity contribution < 1.29 is 0 Å². The first-order chi connectivity index (χ1) is 9.69. The van der Waals surface area contributed by atoms with Gasteiger partial charge < -0.3 is 10.6 Å². The molecule has 0 aromatic carbocycles. The van der Waals surface area contributed by atoms with Crippen LogP contribution in [0.5, 0.6) is 0 Å². The van der Waals surface area contributed by atoms with Crippen LogP contribution < -0.4 is 10.6 Å². The molecule has 2 heterocycles. The normalized spacial score (nSPS) is 10.3. The van der Waals surface area contributed by atoms with Gasteiger partial charge in [-0.1, -0.05) is 18.5 Å². The van der Waals surface area contributed by atoms with Crippen molar-refractivity contribution in [3.63, 3.8) is 0 Å². The Kier molecular flexibility index (Phi) is 5.06.